The molecule has 0 fully saturated rings. The summed E-state index contributed by atoms with van der Waals surface area (Å²) in [4.78, 5) is 27.8. The number of aromatic nitrogens is 1. The van der Waals surface area contributed by atoms with E-state index in [-0.39, 0.29) is 17.4 Å². The van der Waals surface area contributed by atoms with Gasteiger partial charge >= 0.3 is 0 Å². The van der Waals surface area contributed by atoms with Gasteiger partial charge in [0.2, 0.25) is 0 Å². The van der Waals surface area contributed by atoms with Crippen molar-refractivity contribution in [3.8, 4) is 5.75 Å². The molecule has 0 saturated heterocycles. The number of Topliss-reactive ketones (excluding diaryl/α,β-unsaturated/α-hetero) is 1. The van der Waals surface area contributed by atoms with E-state index in [2.05, 4.69) is 15.6 Å². The molecule has 2 N–H and O–H groups in total. The maximum atomic E-state index is 12.3. The number of anilines is 3. The number of amides is 1. The zero-order valence-corrected chi connectivity index (χ0v) is 15.0. The monoisotopic (exact) mass is 361 g/mol. The van der Waals surface area contributed by atoms with Crippen LogP contribution in [0.25, 0.3) is 0 Å². The van der Waals surface area contributed by atoms with Crippen LogP contribution in [0.1, 0.15) is 27.8 Å². The van der Waals surface area contributed by atoms with E-state index in [1.54, 1.807) is 49.7 Å². The maximum absolute atomic E-state index is 12.3. The molecule has 3 rings (SSSR count). The van der Waals surface area contributed by atoms with Crippen molar-refractivity contribution >= 4 is 28.8 Å². The quantitative estimate of drug-likeness (QED) is 0.640. The van der Waals surface area contributed by atoms with Crippen molar-refractivity contribution in [1.29, 1.82) is 0 Å². The highest BCUT2D eigenvalue weighted by molar-refractivity contribution is 6.03. The minimum absolute atomic E-state index is 0.0207. The molecule has 6 nitrogen and oxygen atoms in total. The lowest BCUT2D eigenvalue weighted by Gasteiger charge is -2.11. The number of hydrogen-bond acceptors (Lipinski definition) is 5. The maximum Gasteiger partial charge on any atom is 0.274 e. The molecule has 0 aliphatic carbocycles. The molecule has 6 heteroatoms. The number of ether oxygens (including phenoxy) is 1. The number of para-hydroxylation sites is 2. The number of pyridine rings is 1. The first-order valence-electron chi connectivity index (χ1n) is 8.35. The molecule has 1 amide bonds. The van der Waals surface area contributed by atoms with Gasteiger partial charge in [-0.05, 0) is 55.5 Å². The largest absolute Gasteiger partial charge is 0.495 e. The zero-order chi connectivity index (χ0) is 19.2. The van der Waals surface area contributed by atoms with Crippen LogP contribution in [0, 0.1) is 0 Å². The van der Waals surface area contributed by atoms with Crippen LogP contribution < -0.4 is 15.4 Å². The zero-order valence-electron chi connectivity index (χ0n) is 15.0. The van der Waals surface area contributed by atoms with Crippen LogP contribution in [0.15, 0.2) is 66.9 Å². The molecule has 0 saturated carbocycles. The van der Waals surface area contributed by atoms with Crippen molar-refractivity contribution in [1.82, 2.24) is 4.98 Å². The van der Waals surface area contributed by atoms with Crippen molar-refractivity contribution in [3.05, 3.63) is 78.1 Å². The average Bonchev–Trinajstić information content (AvgIpc) is 2.69. The van der Waals surface area contributed by atoms with E-state index >= 15 is 0 Å². The highest BCUT2D eigenvalue weighted by atomic mass is 16.5. The Bertz CT molecular complexity index is 951. The van der Waals surface area contributed by atoms with Gasteiger partial charge in [0.05, 0.1) is 24.7 Å². The van der Waals surface area contributed by atoms with Gasteiger partial charge in [0.1, 0.15) is 11.4 Å². The van der Waals surface area contributed by atoms with E-state index in [0.29, 0.717) is 17.0 Å². The minimum atomic E-state index is -0.325. The number of hydrogen-bond donors (Lipinski definition) is 2. The molecule has 0 atom stereocenters. The predicted molar refractivity (Wildman–Crippen MR) is 105 cm³/mol. The Balaban J connectivity index is 1.67. The molecule has 1 aromatic heterocycles. The Morgan fingerprint density at radius 1 is 0.926 bits per heavy atom. The van der Waals surface area contributed by atoms with Crippen LogP contribution >= 0.6 is 0 Å². The van der Waals surface area contributed by atoms with Crippen molar-refractivity contribution in [2.75, 3.05) is 17.7 Å². The van der Waals surface area contributed by atoms with Crippen LogP contribution in [0.5, 0.6) is 5.75 Å². The Kier molecular flexibility index (Phi) is 5.47. The first-order chi connectivity index (χ1) is 13.1. The Hall–Kier alpha value is -3.67. The molecule has 0 radical (unpaired) electrons. The summed E-state index contributed by atoms with van der Waals surface area (Å²) in [5, 5.41) is 5.96. The number of rotatable bonds is 6. The minimum Gasteiger partial charge on any atom is -0.495 e. The summed E-state index contributed by atoms with van der Waals surface area (Å²) in [7, 11) is 1.61. The number of carbonyl (C=O) groups excluding carboxylic acids is 2. The topological polar surface area (TPSA) is 80.3 Å². The van der Waals surface area contributed by atoms with Gasteiger partial charge < -0.3 is 15.4 Å². The Morgan fingerprint density at radius 3 is 2.26 bits per heavy atom. The van der Waals surface area contributed by atoms with E-state index in [1.807, 2.05) is 24.3 Å². The number of carbonyl (C=O) groups is 2. The van der Waals surface area contributed by atoms with Gasteiger partial charge in [-0.1, -0.05) is 12.1 Å². The third-order valence-corrected chi connectivity index (χ3v) is 3.93. The van der Waals surface area contributed by atoms with Crippen LogP contribution in [-0.4, -0.2) is 23.8 Å². The van der Waals surface area contributed by atoms with Crippen LogP contribution in [0.2, 0.25) is 0 Å². The number of nitrogens with zero attached hydrogens (tertiary/aromatic N) is 1. The van der Waals surface area contributed by atoms with E-state index < -0.39 is 0 Å². The molecule has 3 aromatic rings. The van der Waals surface area contributed by atoms with E-state index in [4.69, 9.17) is 4.74 Å². The summed E-state index contributed by atoms with van der Waals surface area (Å²) in [6, 6.07) is 17.7. The van der Waals surface area contributed by atoms with Crippen molar-refractivity contribution in [3.63, 3.8) is 0 Å². The van der Waals surface area contributed by atoms with Gasteiger partial charge in [-0.15, -0.1) is 0 Å². The van der Waals surface area contributed by atoms with Gasteiger partial charge in [0.25, 0.3) is 5.91 Å². The van der Waals surface area contributed by atoms with Crippen LogP contribution in [-0.2, 0) is 0 Å². The van der Waals surface area contributed by atoms with Gasteiger partial charge in [-0.3, -0.25) is 9.59 Å². The summed E-state index contributed by atoms with van der Waals surface area (Å²) in [6.45, 7) is 1.50. The van der Waals surface area contributed by atoms with Crippen molar-refractivity contribution in [2.24, 2.45) is 0 Å². The first kappa shape index (κ1) is 18.1. The van der Waals surface area contributed by atoms with E-state index in [9.17, 15) is 9.59 Å². The lowest BCUT2D eigenvalue weighted by atomic mass is 10.1. The van der Waals surface area contributed by atoms with Crippen molar-refractivity contribution < 1.29 is 14.3 Å². The summed E-state index contributed by atoms with van der Waals surface area (Å²) in [5.74, 6) is 0.371. The third kappa shape index (κ3) is 4.49. The van der Waals surface area contributed by atoms with Gasteiger partial charge in [-0.25, -0.2) is 4.98 Å². The molecule has 0 aliphatic heterocycles. The van der Waals surface area contributed by atoms with Crippen LogP contribution in [0.4, 0.5) is 17.1 Å². The SMILES string of the molecule is COc1ccccc1Nc1ccc(C(=O)Nc2ccc(C(C)=O)cc2)nc1. The number of nitrogens with one attached hydrogen (secondary N) is 2. The molecule has 27 heavy (non-hydrogen) atoms. The first-order valence-corrected chi connectivity index (χ1v) is 8.35. The van der Waals surface area contributed by atoms with Crippen LogP contribution in [0.3, 0.4) is 0 Å². The normalized spacial score (nSPS) is 10.1. The fourth-order valence-corrected chi connectivity index (χ4v) is 2.49. The second-order valence-corrected chi connectivity index (χ2v) is 5.85. The molecule has 0 spiro atoms. The predicted octanol–water partition coefficient (Wildman–Crippen LogP) is 4.29. The Morgan fingerprint density at radius 2 is 1.63 bits per heavy atom. The number of methoxy groups -OCH3 is 1. The summed E-state index contributed by atoms with van der Waals surface area (Å²) in [6.07, 6.45) is 1.58. The standard InChI is InChI=1S/C21H19N3O3/c1-14(25)15-7-9-16(10-8-15)24-21(26)19-12-11-17(13-22-19)23-18-5-3-4-6-20(18)27-2/h3-13,23H,1-2H3,(H,24,26). The number of benzene rings is 2. The smallest absolute Gasteiger partial charge is 0.274 e. The lowest BCUT2D eigenvalue weighted by molar-refractivity contribution is 0.101. The number of ketones is 1. The second kappa shape index (κ2) is 8.14. The molecule has 136 valence electrons. The Labute approximate surface area is 157 Å². The van der Waals surface area contributed by atoms with E-state index in [0.717, 1.165) is 11.4 Å². The van der Waals surface area contributed by atoms with E-state index in [1.165, 1.54) is 6.92 Å². The average molecular weight is 361 g/mol. The summed E-state index contributed by atoms with van der Waals surface area (Å²) >= 11 is 0. The van der Waals surface area contributed by atoms with Crippen molar-refractivity contribution in [2.45, 2.75) is 6.92 Å². The summed E-state index contributed by atoms with van der Waals surface area (Å²) < 4.78 is 5.30. The fourth-order valence-electron chi connectivity index (χ4n) is 2.49. The molecule has 2 aromatic carbocycles. The van der Waals surface area contributed by atoms with Gasteiger partial charge in [0, 0.05) is 11.3 Å². The molecular formula is C21H19N3O3. The molecule has 1 heterocycles. The second-order valence-electron chi connectivity index (χ2n) is 5.85. The molecule has 0 unspecified atom stereocenters. The summed E-state index contributed by atoms with van der Waals surface area (Å²) in [5.41, 5.74) is 3.03. The van der Waals surface area contributed by atoms with Gasteiger partial charge in [-0.2, -0.15) is 0 Å². The third-order valence-electron chi connectivity index (χ3n) is 3.93. The molecule has 0 aliphatic rings. The lowest BCUT2D eigenvalue weighted by Crippen LogP contribution is -2.13. The fraction of sp³-hybridized carbons (Fsp3) is 0.0952. The van der Waals surface area contributed by atoms with Gasteiger partial charge in [0.15, 0.2) is 5.78 Å². The highest BCUT2D eigenvalue weighted by Gasteiger charge is 2.09. The molecular weight excluding hydrogens is 342 g/mol. The molecule has 0 bridgehead atoms. The highest BCUT2D eigenvalue weighted by Crippen LogP contribution is 2.26.